The van der Waals surface area contributed by atoms with Gasteiger partial charge in [0.05, 0.1) is 6.10 Å². The molecule has 0 saturated carbocycles. The summed E-state index contributed by atoms with van der Waals surface area (Å²) in [5.41, 5.74) is 5.48. The van der Waals surface area contributed by atoms with E-state index in [0.29, 0.717) is 11.9 Å². The number of primary amides is 1. The summed E-state index contributed by atoms with van der Waals surface area (Å²) < 4.78 is 5.87. The van der Waals surface area contributed by atoms with Gasteiger partial charge in [-0.25, -0.2) is 4.98 Å². The van der Waals surface area contributed by atoms with Gasteiger partial charge in [-0.3, -0.25) is 4.79 Å². The number of hydrogen-bond acceptors (Lipinski definition) is 5. The molecular weight excluding hydrogens is 268 g/mol. The zero-order valence-electron chi connectivity index (χ0n) is 12.5. The lowest BCUT2D eigenvalue weighted by molar-refractivity contribution is 0.0125. The number of rotatable bonds is 7. The molecule has 0 radical (unpaired) electrons. The van der Waals surface area contributed by atoms with Gasteiger partial charge in [0.15, 0.2) is 0 Å². The first-order valence-electron chi connectivity index (χ1n) is 7.46. The Labute approximate surface area is 125 Å². The van der Waals surface area contributed by atoms with Crippen molar-refractivity contribution in [2.75, 3.05) is 38.6 Å². The molecule has 2 rings (SSSR count). The molecule has 1 amide bonds. The van der Waals surface area contributed by atoms with Crippen molar-refractivity contribution in [2.45, 2.75) is 25.4 Å². The normalized spacial score (nSPS) is 16.8. The third kappa shape index (κ3) is 5.32. The molecular formula is C15H24N4O2. The number of carbonyl (C=O) groups is 1. The van der Waals surface area contributed by atoms with Gasteiger partial charge < -0.3 is 20.7 Å². The molecule has 21 heavy (non-hydrogen) atoms. The molecule has 3 N–H and O–H groups in total. The minimum absolute atomic E-state index is 0.280. The summed E-state index contributed by atoms with van der Waals surface area (Å²) in [5.74, 6) is 0.162. The number of aromatic nitrogens is 1. The Kier molecular flexibility index (Phi) is 5.95. The van der Waals surface area contributed by atoms with Crippen molar-refractivity contribution in [1.29, 1.82) is 0 Å². The molecule has 116 valence electrons. The maximum atomic E-state index is 11.0. The van der Waals surface area contributed by atoms with Crippen LogP contribution in [0.1, 0.15) is 29.8 Å². The van der Waals surface area contributed by atoms with Gasteiger partial charge in [-0.05, 0) is 38.4 Å². The molecule has 1 aromatic heterocycles. The zero-order valence-corrected chi connectivity index (χ0v) is 12.5. The fourth-order valence-corrected chi connectivity index (χ4v) is 2.36. The van der Waals surface area contributed by atoms with E-state index in [9.17, 15) is 4.79 Å². The lowest BCUT2D eigenvalue weighted by Crippen LogP contribution is -2.34. The van der Waals surface area contributed by atoms with Crippen LogP contribution in [0.2, 0.25) is 0 Å². The number of nitrogens with zero attached hydrogens (tertiary/aromatic N) is 2. The Morgan fingerprint density at radius 3 is 2.95 bits per heavy atom. The largest absolute Gasteiger partial charge is 0.378 e. The number of hydrogen-bond donors (Lipinski definition) is 2. The van der Waals surface area contributed by atoms with E-state index in [2.05, 4.69) is 22.2 Å². The molecule has 0 aromatic carbocycles. The van der Waals surface area contributed by atoms with Gasteiger partial charge in [0.2, 0.25) is 0 Å². The maximum Gasteiger partial charge on any atom is 0.267 e. The van der Waals surface area contributed by atoms with E-state index in [1.165, 1.54) is 0 Å². The number of pyridine rings is 1. The maximum absolute atomic E-state index is 11.0. The molecule has 6 nitrogen and oxygen atoms in total. The average Bonchev–Trinajstić information content (AvgIpc) is 2.49. The highest BCUT2D eigenvalue weighted by atomic mass is 16.5. The predicted molar refractivity (Wildman–Crippen MR) is 82.3 cm³/mol. The second kappa shape index (κ2) is 7.95. The summed E-state index contributed by atoms with van der Waals surface area (Å²) in [4.78, 5) is 17.5. The van der Waals surface area contributed by atoms with Crippen molar-refractivity contribution in [3.8, 4) is 0 Å². The van der Waals surface area contributed by atoms with Crippen LogP contribution < -0.4 is 11.1 Å². The van der Waals surface area contributed by atoms with Crippen LogP contribution in [0.15, 0.2) is 18.2 Å². The number of anilines is 1. The summed E-state index contributed by atoms with van der Waals surface area (Å²) in [6.07, 6.45) is 3.55. The summed E-state index contributed by atoms with van der Waals surface area (Å²) in [6, 6.07) is 5.20. The molecule has 0 aliphatic carbocycles. The molecule has 1 fully saturated rings. The number of carbonyl (C=O) groups excluding carboxylic acids is 1. The molecule has 0 unspecified atom stereocenters. The van der Waals surface area contributed by atoms with Crippen molar-refractivity contribution in [3.63, 3.8) is 0 Å². The van der Waals surface area contributed by atoms with Crippen LogP contribution in [-0.2, 0) is 4.74 Å². The summed E-state index contributed by atoms with van der Waals surface area (Å²) in [6.45, 7) is 3.75. The Hall–Kier alpha value is -1.66. The van der Waals surface area contributed by atoms with Crippen molar-refractivity contribution < 1.29 is 9.53 Å². The van der Waals surface area contributed by atoms with Crippen molar-refractivity contribution in [3.05, 3.63) is 23.9 Å². The van der Waals surface area contributed by atoms with Gasteiger partial charge >= 0.3 is 0 Å². The van der Waals surface area contributed by atoms with Crippen molar-refractivity contribution >= 4 is 11.7 Å². The number of amides is 1. The SMILES string of the molecule is CN1CCC(OCCCNc2cccc(C(N)=O)n2)CC1. The van der Waals surface area contributed by atoms with Crippen LogP contribution >= 0.6 is 0 Å². The smallest absolute Gasteiger partial charge is 0.267 e. The number of nitrogens with one attached hydrogen (secondary N) is 1. The first kappa shape index (κ1) is 15.7. The fourth-order valence-electron chi connectivity index (χ4n) is 2.36. The standard InChI is InChI=1S/C15H24N4O2/c1-19-9-6-12(7-10-19)21-11-3-8-17-14-5-2-4-13(18-14)15(16)20/h2,4-5,12H,3,6-11H2,1H3,(H2,16,20)(H,17,18). The van der Waals surface area contributed by atoms with Crippen molar-refractivity contribution in [1.82, 2.24) is 9.88 Å². The minimum atomic E-state index is -0.510. The van der Waals surface area contributed by atoms with E-state index in [4.69, 9.17) is 10.5 Å². The van der Waals surface area contributed by atoms with Crippen LogP contribution in [0, 0.1) is 0 Å². The highest BCUT2D eigenvalue weighted by Gasteiger charge is 2.16. The Morgan fingerprint density at radius 1 is 1.48 bits per heavy atom. The molecule has 1 aromatic rings. The molecule has 1 saturated heterocycles. The quantitative estimate of drug-likeness (QED) is 0.735. The van der Waals surface area contributed by atoms with E-state index < -0.39 is 5.91 Å². The zero-order chi connectivity index (χ0) is 15.1. The minimum Gasteiger partial charge on any atom is -0.378 e. The monoisotopic (exact) mass is 292 g/mol. The number of piperidine rings is 1. The summed E-state index contributed by atoms with van der Waals surface area (Å²) in [7, 11) is 2.15. The highest BCUT2D eigenvalue weighted by Crippen LogP contribution is 2.12. The summed E-state index contributed by atoms with van der Waals surface area (Å²) in [5, 5.41) is 3.18. The average molecular weight is 292 g/mol. The van der Waals surface area contributed by atoms with Crippen molar-refractivity contribution in [2.24, 2.45) is 5.73 Å². The fraction of sp³-hybridized carbons (Fsp3) is 0.600. The topological polar surface area (TPSA) is 80.5 Å². The molecule has 2 heterocycles. The predicted octanol–water partition coefficient (Wildman–Crippen LogP) is 1.09. The lowest BCUT2D eigenvalue weighted by atomic mass is 10.1. The van der Waals surface area contributed by atoms with Gasteiger partial charge in [-0.15, -0.1) is 0 Å². The number of likely N-dealkylation sites (tertiary alicyclic amines) is 1. The van der Waals surface area contributed by atoms with E-state index in [-0.39, 0.29) is 5.69 Å². The van der Waals surface area contributed by atoms with Gasteiger partial charge in [0, 0.05) is 26.2 Å². The molecule has 6 heteroatoms. The first-order valence-corrected chi connectivity index (χ1v) is 7.46. The molecule has 0 atom stereocenters. The van der Waals surface area contributed by atoms with Gasteiger partial charge in [-0.1, -0.05) is 6.07 Å². The van der Waals surface area contributed by atoms with Crippen LogP contribution in [0.25, 0.3) is 0 Å². The van der Waals surface area contributed by atoms with Gasteiger partial charge in [-0.2, -0.15) is 0 Å². The number of ether oxygens (including phenoxy) is 1. The first-order chi connectivity index (χ1) is 10.1. The van der Waals surface area contributed by atoms with E-state index >= 15 is 0 Å². The third-order valence-corrected chi connectivity index (χ3v) is 3.65. The Balaban J connectivity index is 1.61. The molecule has 0 bridgehead atoms. The van der Waals surface area contributed by atoms with Crippen LogP contribution in [0.3, 0.4) is 0 Å². The van der Waals surface area contributed by atoms with Crippen LogP contribution in [0.4, 0.5) is 5.82 Å². The Morgan fingerprint density at radius 2 is 2.24 bits per heavy atom. The van der Waals surface area contributed by atoms with Gasteiger partial charge in [0.25, 0.3) is 5.91 Å². The lowest BCUT2D eigenvalue weighted by Gasteiger charge is -2.28. The van der Waals surface area contributed by atoms with Crippen LogP contribution in [-0.4, -0.2) is 55.2 Å². The summed E-state index contributed by atoms with van der Waals surface area (Å²) >= 11 is 0. The van der Waals surface area contributed by atoms with E-state index in [0.717, 1.165) is 45.5 Å². The van der Waals surface area contributed by atoms with Gasteiger partial charge in [0.1, 0.15) is 11.5 Å². The third-order valence-electron chi connectivity index (χ3n) is 3.65. The number of nitrogens with two attached hydrogens (primary N) is 1. The van der Waals surface area contributed by atoms with E-state index in [1.54, 1.807) is 12.1 Å². The molecule has 1 aliphatic rings. The second-order valence-electron chi connectivity index (χ2n) is 5.43. The highest BCUT2D eigenvalue weighted by molar-refractivity contribution is 5.91. The van der Waals surface area contributed by atoms with Crippen LogP contribution in [0.5, 0.6) is 0 Å². The second-order valence-corrected chi connectivity index (χ2v) is 5.43. The van der Waals surface area contributed by atoms with E-state index in [1.807, 2.05) is 6.07 Å². The molecule has 0 spiro atoms. The Bertz CT molecular complexity index is 459. The molecule has 1 aliphatic heterocycles.